The van der Waals surface area contributed by atoms with Gasteiger partial charge in [0.25, 0.3) is 0 Å². The van der Waals surface area contributed by atoms with Gasteiger partial charge in [-0.15, -0.1) is 0 Å². The number of carboxylic acids is 1. The summed E-state index contributed by atoms with van der Waals surface area (Å²) < 4.78 is 5.37. The smallest absolute Gasteiger partial charge is 0.354 e. The molecule has 5 nitrogen and oxygen atoms in total. The number of anilines is 1. The van der Waals surface area contributed by atoms with E-state index in [9.17, 15) is 9.90 Å². The second-order valence-corrected chi connectivity index (χ2v) is 5.70. The fraction of sp³-hybridized carbons (Fsp3) is 0.312. The Balaban J connectivity index is 2.15. The molecule has 2 aromatic rings. The molecule has 0 bridgehead atoms. The number of benzene rings is 1. The molecule has 0 atom stereocenters. The van der Waals surface area contributed by atoms with Gasteiger partial charge in [-0.25, -0.2) is 4.79 Å². The van der Waals surface area contributed by atoms with Crippen LogP contribution in [0.4, 0.5) is 5.69 Å². The second kappa shape index (κ2) is 6.02. The molecule has 0 saturated carbocycles. The van der Waals surface area contributed by atoms with E-state index in [1.165, 1.54) is 0 Å². The number of nitrogens with one attached hydrogen (secondary N) is 1. The molecule has 1 aromatic carbocycles. The van der Waals surface area contributed by atoms with Crippen LogP contribution in [0.15, 0.2) is 24.3 Å². The van der Waals surface area contributed by atoms with Gasteiger partial charge in [-0.1, -0.05) is 23.7 Å². The fourth-order valence-electron chi connectivity index (χ4n) is 2.84. The van der Waals surface area contributed by atoms with Crippen LogP contribution < -0.4 is 4.90 Å². The highest BCUT2D eigenvalue weighted by molar-refractivity contribution is 6.30. The van der Waals surface area contributed by atoms with Crippen LogP contribution in [0.3, 0.4) is 0 Å². The van der Waals surface area contributed by atoms with Crippen LogP contribution in [-0.4, -0.2) is 42.4 Å². The summed E-state index contributed by atoms with van der Waals surface area (Å²) >= 11 is 5.95. The predicted molar refractivity (Wildman–Crippen MR) is 86.0 cm³/mol. The lowest BCUT2D eigenvalue weighted by atomic mass is 10.0. The molecule has 3 rings (SSSR count). The third-order valence-electron chi connectivity index (χ3n) is 3.84. The van der Waals surface area contributed by atoms with Crippen LogP contribution in [-0.2, 0) is 4.74 Å². The van der Waals surface area contributed by atoms with Crippen molar-refractivity contribution < 1.29 is 14.6 Å². The first-order valence-corrected chi connectivity index (χ1v) is 7.50. The third-order valence-corrected chi connectivity index (χ3v) is 4.09. The Morgan fingerprint density at radius 2 is 1.91 bits per heavy atom. The highest BCUT2D eigenvalue weighted by atomic mass is 35.5. The molecule has 22 heavy (non-hydrogen) atoms. The number of H-pyrrole nitrogens is 1. The van der Waals surface area contributed by atoms with Crippen LogP contribution in [0.2, 0.25) is 5.02 Å². The zero-order valence-electron chi connectivity index (χ0n) is 12.2. The summed E-state index contributed by atoms with van der Waals surface area (Å²) in [4.78, 5) is 16.7. The summed E-state index contributed by atoms with van der Waals surface area (Å²) in [6.07, 6.45) is 0. The number of ether oxygens (including phenoxy) is 1. The molecule has 0 amide bonds. The molecule has 1 aromatic heterocycles. The zero-order valence-corrected chi connectivity index (χ0v) is 13.0. The number of carboxylic acid groups (broad SMARTS) is 1. The Hall–Kier alpha value is -1.98. The number of aromatic amines is 1. The minimum absolute atomic E-state index is 0.226. The minimum Gasteiger partial charge on any atom is -0.477 e. The van der Waals surface area contributed by atoms with Crippen molar-refractivity contribution in [3.8, 4) is 11.1 Å². The molecule has 116 valence electrons. The fourth-order valence-corrected chi connectivity index (χ4v) is 2.97. The van der Waals surface area contributed by atoms with Crippen LogP contribution in [0.5, 0.6) is 0 Å². The maximum absolute atomic E-state index is 11.6. The number of hydrogen-bond donors (Lipinski definition) is 2. The van der Waals surface area contributed by atoms with Gasteiger partial charge in [-0.05, 0) is 24.6 Å². The predicted octanol–water partition coefficient (Wildman–Crippen LogP) is 3.18. The zero-order chi connectivity index (χ0) is 15.7. The van der Waals surface area contributed by atoms with E-state index < -0.39 is 5.97 Å². The molecule has 1 aliphatic rings. The number of aryl methyl sites for hydroxylation is 1. The first kappa shape index (κ1) is 14.9. The van der Waals surface area contributed by atoms with Crippen LogP contribution >= 0.6 is 11.6 Å². The summed E-state index contributed by atoms with van der Waals surface area (Å²) in [5.41, 5.74) is 3.66. The lowest BCUT2D eigenvalue weighted by molar-refractivity contribution is 0.0690. The number of morpholine rings is 1. The molecule has 0 unspecified atom stereocenters. The van der Waals surface area contributed by atoms with E-state index in [-0.39, 0.29) is 5.69 Å². The van der Waals surface area contributed by atoms with Gasteiger partial charge in [0.05, 0.1) is 18.9 Å². The van der Waals surface area contributed by atoms with Gasteiger partial charge in [0, 0.05) is 29.4 Å². The number of hydrogen-bond acceptors (Lipinski definition) is 3. The average molecular weight is 321 g/mol. The van der Waals surface area contributed by atoms with E-state index in [1.807, 2.05) is 31.2 Å². The van der Waals surface area contributed by atoms with Gasteiger partial charge in [-0.3, -0.25) is 0 Å². The van der Waals surface area contributed by atoms with Crippen molar-refractivity contribution in [1.29, 1.82) is 0 Å². The highest BCUT2D eigenvalue weighted by Gasteiger charge is 2.26. The molecule has 0 radical (unpaired) electrons. The average Bonchev–Trinajstić information content (AvgIpc) is 2.87. The number of aromatic nitrogens is 1. The number of halogens is 1. The molecule has 1 saturated heterocycles. The van der Waals surface area contributed by atoms with Gasteiger partial charge in [-0.2, -0.15) is 0 Å². The van der Waals surface area contributed by atoms with Crippen LogP contribution in [0.1, 0.15) is 16.2 Å². The first-order valence-electron chi connectivity index (χ1n) is 7.12. The van der Waals surface area contributed by atoms with Crippen molar-refractivity contribution in [3.05, 3.63) is 40.7 Å². The lowest BCUT2D eigenvalue weighted by Crippen LogP contribution is -2.37. The number of rotatable bonds is 3. The van der Waals surface area contributed by atoms with Crippen molar-refractivity contribution >= 4 is 23.3 Å². The van der Waals surface area contributed by atoms with E-state index in [0.717, 1.165) is 22.5 Å². The lowest BCUT2D eigenvalue weighted by Gasteiger charge is -2.29. The van der Waals surface area contributed by atoms with Crippen LogP contribution in [0.25, 0.3) is 11.1 Å². The van der Waals surface area contributed by atoms with E-state index >= 15 is 0 Å². The topological polar surface area (TPSA) is 65.6 Å². The van der Waals surface area contributed by atoms with Crippen molar-refractivity contribution in [1.82, 2.24) is 4.98 Å². The Morgan fingerprint density at radius 1 is 1.27 bits per heavy atom. The maximum atomic E-state index is 11.6. The minimum atomic E-state index is -0.954. The first-order chi connectivity index (χ1) is 10.6. The van der Waals surface area contributed by atoms with Crippen molar-refractivity contribution in [2.75, 3.05) is 31.2 Å². The monoisotopic (exact) mass is 320 g/mol. The quantitative estimate of drug-likeness (QED) is 0.911. The van der Waals surface area contributed by atoms with E-state index in [0.29, 0.717) is 31.3 Å². The molecule has 1 aliphatic heterocycles. The van der Waals surface area contributed by atoms with Crippen LogP contribution in [0, 0.1) is 6.92 Å². The summed E-state index contributed by atoms with van der Waals surface area (Å²) in [7, 11) is 0. The Labute approximate surface area is 133 Å². The van der Waals surface area contributed by atoms with Crippen molar-refractivity contribution in [2.45, 2.75) is 6.92 Å². The maximum Gasteiger partial charge on any atom is 0.354 e. The summed E-state index contributed by atoms with van der Waals surface area (Å²) in [5.74, 6) is -0.954. The number of aromatic carboxylic acids is 1. The van der Waals surface area contributed by atoms with Gasteiger partial charge in [0.2, 0.25) is 0 Å². The summed E-state index contributed by atoms with van der Waals surface area (Å²) in [6.45, 7) is 4.45. The molecule has 2 N–H and O–H groups in total. The summed E-state index contributed by atoms with van der Waals surface area (Å²) in [6, 6.07) is 7.45. The molecular formula is C16H17ClN2O3. The second-order valence-electron chi connectivity index (χ2n) is 5.26. The molecule has 6 heteroatoms. The SMILES string of the molecule is Cc1[nH]c(C(=O)O)c(N2CCOCC2)c1-c1ccc(Cl)cc1. The highest BCUT2D eigenvalue weighted by Crippen LogP contribution is 2.38. The Bertz CT molecular complexity index is 688. The Morgan fingerprint density at radius 3 is 2.50 bits per heavy atom. The number of nitrogens with zero attached hydrogens (tertiary/aromatic N) is 1. The molecule has 1 fully saturated rings. The summed E-state index contributed by atoms with van der Waals surface area (Å²) in [5, 5.41) is 10.2. The van der Waals surface area contributed by atoms with Gasteiger partial charge < -0.3 is 19.7 Å². The molecule has 2 heterocycles. The van der Waals surface area contributed by atoms with E-state index in [2.05, 4.69) is 9.88 Å². The Kier molecular flexibility index (Phi) is 4.09. The van der Waals surface area contributed by atoms with E-state index in [4.69, 9.17) is 16.3 Å². The molecule has 0 spiro atoms. The van der Waals surface area contributed by atoms with Crippen molar-refractivity contribution in [2.24, 2.45) is 0 Å². The van der Waals surface area contributed by atoms with Gasteiger partial charge in [0.15, 0.2) is 0 Å². The van der Waals surface area contributed by atoms with E-state index in [1.54, 1.807) is 0 Å². The number of carbonyl (C=O) groups is 1. The van der Waals surface area contributed by atoms with Gasteiger partial charge >= 0.3 is 5.97 Å². The van der Waals surface area contributed by atoms with Crippen molar-refractivity contribution in [3.63, 3.8) is 0 Å². The largest absolute Gasteiger partial charge is 0.477 e. The third kappa shape index (κ3) is 2.69. The normalized spacial score (nSPS) is 15.1. The molecule has 0 aliphatic carbocycles. The molecular weight excluding hydrogens is 304 g/mol. The van der Waals surface area contributed by atoms with Gasteiger partial charge in [0.1, 0.15) is 5.69 Å². The standard InChI is InChI=1S/C16H17ClN2O3/c1-10-13(11-2-4-12(17)5-3-11)15(14(18-10)16(20)21)19-6-8-22-9-7-19/h2-5,18H,6-9H2,1H3,(H,20,21).